The van der Waals surface area contributed by atoms with Gasteiger partial charge in [0.2, 0.25) is 0 Å². The van der Waals surface area contributed by atoms with E-state index in [1.165, 1.54) is 22.5 Å². The molecule has 7 heteroatoms. The van der Waals surface area contributed by atoms with Crippen LogP contribution in [0.15, 0.2) is 129 Å². The van der Waals surface area contributed by atoms with Gasteiger partial charge in [-0.2, -0.15) is 10.2 Å². The molecule has 4 aromatic carbocycles. The maximum absolute atomic E-state index is 13.9. The molecule has 1 N–H and O–H groups in total. The van der Waals surface area contributed by atoms with Crippen LogP contribution in [-0.4, -0.2) is 9.67 Å². The number of benzene rings is 4. The summed E-state index contributed by atoms with van der Waals surface area (Å²) in [4.78, 5) is 19.6. The van der Waals surface area contributed by atoms with Crippen molar-refractivity contribution in [2.24, 2.45) is 15.2 Å². The van der Waals surface area contributed by atoms with Crippen molar-refractivity contribution in [2.45, 2.75) is 18.9 Å². The fraction of sp³-hybridized carbons (Fsp3) is 0.0909. The molecule has 0 amide bonds. The Morgan fingerprint density at radius 2 is 1.57 bits per heavy atom. The second kappa shape index (κ2) is 10.0. The van der Waals surface area contributed by atoms with Gasteiger partial charge in [0.15, 0.2) is 4.80 Å². The molecule has 1 atom stereocenters. The number of phenols is 1. The fourth-order valence-corrected chi connectivity index (χ4v) is 6.42. The molecule has 0 unspecified atom stereocenters. The van der Waals surface area contributed by atoms with Crippen molar-refractivity contribution in [3.63, 3.8) is 0 Å². The number of nitrogens with zero attached hydrogens (tertiary/aromatic N) is 4. The van der Waals surface area contributed by atoms with Crippen LogP contribution >= 0.6 is 11.3 Å². The van der Waals surface area contributed by atoms with Crippen molar-refractivity contribution >= 4 is 34.5 Å². The third-order valence-corrected chi connectivity index (χ3v) is 8.31. The molecule has 2 heterocycles. The van der Waals surface area contributed by atoms with E-state index >= 15 is 0 Å². The van der Waals surface area contributed by atoms with Gasteiger partial charge >= 0.3 is 0 Å². The van der Waals surface area contributed by atoms with Crippen LogP contribution in [0.4, 0.5) is 11.4 Å². The van der Waals surface area contributed by atoms with Crippen molar-refractivity contribution in [1.29, 1.82) is 0 Å². The number of hydrogen-bond donors (Lipinski definition) is 1. The summed E-state index contributed by atoms with van der Waals surface area (Å²) in [6.45, 7) is 0. The SMILES string of the molecule is O=c1/c(=C/c2ccc(N=Nc3ccccc3)cc2O)sc2n1[C@H](c1ccccc1)C1=C(N=2)c2ccccc2CC1. The highest BCUT2D eigenvalue weighted by atomic mass is 32.1. The van der Waals surface area contributed by atoms with Crippen LogP contribution in [0.1, 0.15) is 34.7 Å². The van der Waals surface area contributed by atoms with Crippen molar-refractivity contribution in [2.75, 3.05) is 0 Å². The highest BCUT2D eigenvalue weighted by Gasteiger charge is 2.32. The average Bonchev–Trinajstić information content (AvgIpc) is 3.31. The summed E-state index contributed by atoms with van der Waals surface area (Å²) in [6, 6.07) is 32.8. The molecule has 1 aliphatic heterocycles. The van der Waals surface area contributed by atoms with E-state index in [1.54, 1.807) is 24.3 Å². The molecule has 5 aromatic rings. The Bertz CT molecular complexity index is 1990. The lowest BCUT2D eigenvalue weighted by Gasteiger charge is -2.30. The van der Waals surface area contributed by atoms with Crippen molar-refractivity contribution in [3.05, 3.63) is 151 Å². The third-order valence-electron chi connectivity index (χ3n) is 7.33. The zero-order valence-electron chi connectivity index (χ0n) is 21.4. The van der Waals surface area contributed by atoms with Crippen LogP contribution in [-0.2, 0) is 6.42 Å². The van der Waals surface area contributed by atoms with E-state index in [-0.39, 0.29) is 17.4 Å². The Morgan fingerprint density at radius 1 is 0.850 bits per heavy atom. The molecule has 194 valence electrons. The first kappa shape index (κ1) is 24.2. The lowest BCUT2D eigenvalue weighted by atomic mass is 9.83. The van der Waals surface area contributed by atoms with Crippen LogP contribution in [0.25, 0.3) is 11.8 Å². The number of allylic oxidation sites excluding steroid dienone is 1. The standard InChI is InChI=1S/C33H24N4O2S/c38-28-20-25(36-35-24-12-5-2-6-13-24)17-15-23(28)19-29-32(39)37-31(22-10-3-1-4-11-22)27-18-16-21-9-7-8-14-26(21)30(27)34-33(37)40-29/h1-15,17,19-20,31,38H,16,18H2/b29-19-,36-35?/t31-/m1/s1. The highest BCUT2D eigenvalue weighted by molar-refractivity contribution is 7.07. The first-order valence-electron chi connectivity index (χ1n) is 13.1. The predicted molar refractivity (Wildman–Crippen MR) is 158 cm³/mol. The molecule has 6 nitrogen and oxygen atoms in total. The molecular formula is C33H24N4O2S. The molecule has 2 aliphatic rings. The van der Waals surface area contributed by atoms with Gasteiger partial charge in [-0.3, -0.25) is 9.36 Å². The van der Waals surface area contributed by atoms with Crippen LogP contribution < -0.4 is 14.9 Å². The number of thiazole rings is 1. The van der Waals surface area contributed by atoms with E-state index in [4.69, 9.17) is 4.99 Å². The summed E-state index contributed by atoms with van der Waals surface area (Å²) in [6.07, 6.45) is 3.50. The van der Waals surface area contributed by atoms with Crippen LogP contribution in [0.5, 0.6) is 5.75 Å². The number of aromatic nitrogens is 1. The van der Waals surface area contributed by atoms with Crippen molar-refractivity contribution in [1.82, 2.24) is 4.57 Å². The second-order valence-corrected chi connectivity index (χ2v) is 10.8. The van der Waals surface area contributed by atoms with E-state index in [9.17, 15) is 9.90 Å². The fourth-order valence-electron chi connectivity index (χ4n) is 5.43. The van der Waals surface area contributed by atoms with E-state index < -0.39 is 0 Å². The lowest BCUT2D eigenvalue weighted by Crippen LogP contribution is -2.38. The van der Waals surface area contributed by atoms with E-state index in [1.807, 2.05) is 59.2 Å². The van der Waals surface area contributed by atoms with Gasteiger partial charge in [0.1, 0.15) is 5.75 Å². The van der Waals surface area contributed by atoms with Gasteiger partial charge in [-0.1, -0.05) is 84.1 Å². The zero-order chi connectivity index (χ0) is 27.1. The normalized spacial score (nSPS) is 16.4. The van der Waals surface area contributed by atoms with Gasteiger partial charge in [-0.05, 0) is 59.9 Å². The molecule has 0 bridgehead atoms. The molecule has 0 saturated carbocycles. The molecule has 0 spiro atoms. The number of azo groups is 1. The first-order chi connectivity index (χ1) is 19.7. The molecule has 7 rings (SSSR count). The molecule has 40 heavy (non-hydrogen) atoms. The number of aryl methyl sites for hydroxylation is 1. The zero-order valence-corrected chi connectivity index (χ0v) is 22.3. The minimum Gasteiger partial charge on any atom is -0.507 e. The maximum atomic E-state index is 13.9. The minimum atomic E-state index is -0.225. The first-order valence-corrected chi connectivity index (χ1v) is 14.0. The Kier molecular flexibility index (Phi) is 6.06. The molecule has 1 aliphatic carbocycles. The summed E-state index contributed by atoms with van der Waals surface area (Å²) >= 11 is 1.35. The van der Waals surface area contributed by atoms with Gasteiger partial charge in [0, 0.05) is 17.2 Å². The van der Waals surface area contributed by atoms with Gasteiger partial charge < -0.3 is 5.11 Å². The summed E-state index contributed by atoms with van der Waals surface area (Å²) in [5.74, 6) is 0.0307. The summed E-state index contributed by atoms with van der Waals surface area (Å²) in [5.41, 5.74) is 7.29. The van der Waals surface area contributed by atoms with Crippen LogP contribution in [0.2, 0.25) is 0 Å². The van der Waals surface area contributed by atoms with Crippen LogP contribution in [0.3, 0.4) is 0 Å². The minimum absolute atomic E-state index is 0.0307. The topological polar surface area (TPSA) is 79.3 Å². The van der Waals surface area contributed by atoms with Crippen molar-refractivity contribution in [3.8, 4) is 5.75 Å². The summed E-state index contributed by atoms with van der Waals surface area (Å²) in [5, 5.41) is 19.2. The van der Waals surface area contributed by atoms with Gasteiger partial charge in [0.25, 0.3) is 5.56 Å². The Morgan fingerprint density at radius 3 is 2.38 bits per heavy atom. The molecule has 0 saturated heterocycles. The molecule has 0 radical (unpaired) electrons. The Hall–Kier alpha value is -4.88. The van der Waals surface area contributed by atoms with Gasteiger partial charge in [-0.25, -0.2) is 4.99 Å². The van der Waals surface area contributed by atoms with Crippen molar-refractivity contribution < 1.29 is 5.11 Å². The smallest absolute Gasteiger partial charge is 0.271 e. The monoisotopic (exact) mass is 540 g/mol. The Balaban J connectivity index is 1.34. The lowest BCUT2D eigenvalue weighted by molar-refractivity contribution is 0.474. The van der Waals surface area contributed by atoms with Gasteiger partial charge in [-0.15, -0.1) is 0 Å². The second-order valence-electron chi connectivity index (χ2n) is 9.80. The number of hydrogen-bond acceptors (Lipinski definition) is 6. The average molecular weight is 541 g/mol. The molecular weight excluding hydrogens is 516 g/mol. The predicted octanol–water partition coefficient (Wildman–Crippen LogP) is 6.44. The largest absolute Gasteiger partial charge is 0.507 e. The summed E-state index contributed by atoms with van der Waals surface area (Å²) in [7, 11) is 0. The Labute approximate surface area is 234 Å². The van der Waals surface area contributed by atoms with E-state index in [0.29, 0.717) is 20.6 Å². The molecule has 1 aromatic heterocycles. The number of rotatable bonds is 4. The quantitative estimate of drug-likeness (QED) is 0.266. The molecule has 0 fully saturated rings. The van der Waals surface area contributed by atoms with E-state index in [2.05, 4.69) is 40.6 Å². The van der Waals surface area contributed by atoms with Gasteiger partial charge in [0.05, 0.1) is 27.6 Å². The highest BCUT2D eigenvalue weighted by Crippen LogP contribution is 2.41. The number of phenolic OH excluding ortho intramolecular Hbond substituents is 1. The van der Waals surface area contributed by atoms with E-state index in [0.717, 1.165) is 35.4 Å². The summed E-state index contributed by atoms with van der Waals surface area (Å²) < 4.78 is 2.33. The maximum Gasteiger partial charge on any atom is 0.271 e. The van der Waals surface area contributed by atoms with Crippen LogP contribution in [0, 0.1) is 0 Å². The third kappa shape index (κ3) is 4.30. The number of fused-ring (bicyclic) bond motifs is 3. The number of aromatic hydroxyl groups is 1.